The smallest absolute Gasteiger partial charge is 0.325 e. The van der Waals surface area contributed by atoms with Gasteiger partial charge in [-0.3, -0.25) is 19.2 Å². The van der Waals surface area contributed by atoms with Crippen molar-refractivity contribution in [2.75, 3.05) is 32.1 Å². The van der Waals surface area contributed by atoms with E-state index in [2.05, 4.69) is 16.0 Å². The van der Waals surface area contributed by atoms with Gasteiger partial charge in [-0.05, 0) is 36.2 Å². The molecule has 0 fully saturated rings. The first-order valence-corrected chi connectivity index (χ1v) is 10.0. The number of nitrogens with one attached hydrogen (secondary N) is 3. The highest BCUT2D eigenvalue weighted by atomic mass is 16.5. The van der Waals surface area contributed by atoms with Gasteiger partial charge in [0.05, 0.1) is 18.4 Å². The first-order chi connectivity index (χ1) is 15.3. The largest absolute Gasteiger partial charge is 0.497 e. The van der Waals surface area contributed by atoms with E-state index >= 15 is 0 Å². The number of methoxy groups -OCH3 is 1. The molecule has 170 valence electrons. The molecular weight excluding hydrogens is 414 g/mol. The Labute approximate surface area is 186 Å². The van der Waals surface area contributed by atoms with Gasteiger partial charge in [-0.2, -0.15) is 0 Å². The van der Waals surface area contributed by atoms with Crippen molar-refractivity contribution in [3.63, 3.8) is 0 Å². The number of esters is 1. The monoisotopic (exact) mass is 441 g/mol. The van der Waals surface area contributed by atoms with E-state index < -0.39 is 30.9 Å². The number of carbonyl (C=O) groups excluding carboxylic acids is 4. The van der Waals surface area contributed by atoms with Gasteiger partial charge < -0.3 is 25.4 Å². The lowest BCUT2D eigenvalue weighted by Crippen LogP contribution is -2.32. The second kappa shape index (κ2) is 12.1. The summed E-state index contributed by atoms with van der Waals surface area (Å²) < 4.78 is 9.95. The molecule has 0 aromatic heterocycles. The lowest BCUT2D eigenvalue weighted by atomic mass is 10.1. The molecule has 0 aliphatic heterocycles. The Kier molecular flexibility index (Phi) is 9.22. The minimum Gasteiger partial charge on any atom is -0.497 e. The van der Waals surface area contributed by atoms with Crippen LogP contribution in [-0.2, 0) is 14.3 Å². The van der Waals surface area contributed by atoms with Gasteiger partial charge in [0.2, 0.25) is 0 Å². The predicted octanol–water partition coefficient (Wildman–Crippen LogP) is 1.99. The van der Waals surface area contributed by atoms with Gasteiger partial charge in [-0.1, -0.05) is 32.0 Å². The Morgan fingerprint density at radius 3 is 2.41 bits per heavy atom. The van der Waals surface area contributed by atoms with E-state index in [0.717, 1.165) is 0 Å². The number of amides is 3. The quantitative estimate of drug-likeness (QED) is 0.485. The van der Waals surface area contributed by atoms with Crippen LogP contribution in [-0.4, -0.2) is 50.5 Å². The molecule has 2 rings (SSSR count). The standard InChI is InChI=1S/C23H27N3O6/c1-15(2)12-24-23(30)18-9-4-5-10-19(18)26-20(27)14-32-21(28)13-25-22(29)16-7-6-8-17(11-16)31-3/h4-11,15H,12-14H2,1-3H3,(H,24,30)(H,25,29)(H,26,27). The Morgan fingerprint density at radius 1 is 0.938 bits per heavy atom. The van der Waals surface area contributed by atoms with Crippen molar-refractivity contribution in [1.29, 1.82) is 0 Å². The molecule has 9 nitrogen and oxygen atoms in total. The topological polar surface area (TPSA) is 123 Å². The van der Waals surface area contributed by atoms with Crippen molar-refractivity contribution < 1.29 is 28.7 Å². The van der Waals surface area contributed by atoms with Crippen LogP contribution in [0, 0.1) is 5.92 Å². The maximum absolute atomic E-state index is 12.3. The van der Waals surface area contributed by atoms with Gasteiger partial charge >= 0.3 is 5.97 Å². The molecule has 0 saturated carbocycles. The van der Waals surface area contributed by atoms with E-state index in [-0.39, 0.29) is 11.8 Å². The average Bonchev–Trinajstić information content (AvgIpc) is 2.79. The van der Waals surface area contributed by atoms with Crippen molar-refractivity contribution >= 4 is 29.4 Å². The number of rotatable bonds is 10. The molecule has 0 spiro atoms. The second-order valence-electron chi connectivity index (χ2n) is 7.27. The normalized spacial score (nSPS) is 10.2. The fraction of sp³-hybridized carbons (Fsp3) is 0.304. The van der Waals surface area contributed by atoms with Crippen molar-refractivity contribution in [3.05, 3.63) is 59.7 Å². The summed E-state index contributed by atoms with van der Waals surface area (Å²) in [5.41, 5.74) is 0.932. The summed E-state index contributed by atoms with van der Waals surface area (Å²) in [6.45, 7) is 3.48. The van der Waals surface area contributed by atoms with Crippen LogP contribution < -0.4 is 20.7 Å². The fourth-order valence-corrected chi connectivity index (χ4v) is 2.58. The van der Waals surface area contributed by atoms with E-state index in [1.807, 2.05) is 13.8 Å². The molecule has 0 aliphatic carbocycles. The van der Waals surface area contributed by atoms with Crippen molar-refractivity contribution in [2.24, 2.45) is 5.92 Å². The van der Waals surface area contributed by atoms with Crippen LogP contribution >= 0.6 is 0 Å². The number of para-hydroxylation sites is 1. The van der Waals surface area contributed by atoms with E-state index in [1.165, 1.54) is 13.2 Å². The lowest BCUT2D eigenvalue weighted by Gasteiger charge is -2.12. The molecule has 0 atom stereocenters. The minimum atomic E-state index is -0.778. The first-order valence-electron chi connectivity index (χ1n) is 10.0. The van der Waals surface area contributed by atoms with Crippen LogP contribution in [0.4, 0.5) is 5.69 Å². The van der Waals surface area contributed by atoms with E-state index in [1.54, 1.807) is 42.5 Å². The molecule has 2 aromatic rings. The Bertz CT molecular complexity index is 974. The number of benzene rings is 2. The van der Waals surface area contributed by atoms with Crippen LogP contribution in [0.15, 0.2) is 48.5 Å². The molecule has 3 N–H and O–H groups in total. The molecule has 32 heavy (non-hydrogen) atoms. The van der Waals surface area contributed by atoms with Crippen molar-refractivity contribution in [3.8, 4) is 5.75 Å². The molecule has 0 unspecified atom stereocenters. The van der Waals surface area contributed by atoms with Gasteiger partial charge in [0, 0.05) is 12.1 Å². The molecule has 0 heterocycles. The average molecular weight is 441 g/mol. The van der Waals surface area contributed by atoms with Crippen LogP contribution in [0.3, 0.4) is 0 Å². The molecule has 0 bridgehead atoms. The molecule has 2 aromatic carbocycles. The Hall–Kier alpha value is -3.88. The van der Waals surface area contributed by atoms with E-state index in [0.29, 0.717) is 29.1 Å². The third-order valence-corrected chi connectivity index (χ3v) is 4.21. The van der Waals surface area contributed by atoms with Gasteiger partial charge in [-0.25, -0.2) is 0 Å². The lowest BCUT2D eigenvalue weighted by molar-refractivity contribution is -0.146. The van der Waals surface area contributed by atoms with Gasteiger partial charge in [0.1, 0.15) is 12.3 Å². The van der Waals surface area contributed by atoms with E-state index in [4.69, 9.17) is 9.47 Å². The molecule has 0 aliphatic rings. The summed E-state index contributed by atoms with van der Waals surface area (Å²) in [7, 11) is 1.48. The predicted molar refractivity (Wildman–Crippen MR) is 119 cm³/mol. The zero-order valence-corrected chi connectivity index (χ0v) is 18.3. The third-order valence-electron chi connectivity index (χ3n) is 4.21. The SMILES string of the molecule is COc1cccc(C(=O)NCC(=O)OCC(=O)Nc2ccccc2C(=O)NCC(C)C)c1. The highest BCUT2D eigenvalue weighted by Gasteiger charge is 2.15. The van der Waals surface area contributed by atoms with Crippen LogP contribution in [0.5, 0.6) is 5.75 Å². The van der Waals surface area contributed by atoms with Gasteiger partial charge in [-0.15, -0.1) is 0 Å². The molecule has 3 amide bonds. The summed E-state index contributed by atoms with van der Waals surface area (Å²) in [5.74, 6) is -1.39. The first kappa shape index (κ1) is 24.4. The maximum atomic E-state index is 12.3. The highest BCUT2D eigenvalue weighted by molar-refractivity contribution is 6.04. The van der Waals surface area contributed by atoms with Gasteiger partial charge in [0.15, 0.2) is 6.61 Å². The summed E-state index contributed by atoms with van der Waals surface area (Å²) >= 11 is 0. The number of carbonyl (C=O) groups is 4. The number of anilines is 1. The second-order valence-corrected chi connectivity index (χ2v) is 7.27. The summed E-state index contributed by atoms with van der Waals surface area (Å²) in [6.07, 6.45) is 0. The van der Waals surface area contributed by atoms with Crippen molar-refractivity contribution in [2.45, 2.75) is 13.8 Å². The van der Waals surface area contributed by atoms with E-state index in [9.17, 15) is 19.2 Å². The Morgan fingerprint density at radius 2 is 1.69 bits per heavy atom. The zero-order chi connectivity index (χ0) is 23.5. The minimum absolute atomic E-state index is 0.282. The van der Waals surface area contributed by atoms with Gasteiger partial charge in [0.25, 0.3) is 17.7 Å². The third kappa shape index (κ3) is 7.75. The fourth-order valence-electron chi connectivity index (χ4n) is 2.58. The summed E-state index contributed by atoms with van der Waals surface area (Å²) in [6, 6.07) is 13.0. The molecule has 0 radical (unpaired) electrons. The molecule has 9 heteroatoms. The number of hydrogen-bond donors (Lipinski definition) is 3. The van der Waals surface area contributed by atoms with Crippen LogP contribution in [0.2, 0.25) is 0 Å². The molecular formula is C23H27N3O6. The Balaban J connectivity index is 1.82. The van der Waals surface area contributed by atoms with Crippen molar-refractivity contribution in [1.82, 2.24) is 10.6 Å². The number of ether oxygens (including phenoxy) is 2. The maximum Gasteiger partial charge on any atom is 0.325 e. The summed E-state index contributed by atoms with van der Waals surface area (Å²) in [4.78, 5) is 48.5. The molecule has 0 saturated heterocycles. The van der Waals surface area contributed by atoms with Crippen LogP contribution in [0.25, 0.3) is 0 Å². The summed E-state index contributed by atoms with van der Waals surface area (Å²) in [5, 5.41) is 7.76. The van der Waals surface area contributed by atoms with Crippen LogP contribution in [0.1, 0.15) is 34.6 Å². The highest BCUT2D eigenvalue weighted by Crippen LogP contribution is 2.15. The zero-order valence-electron chi connectivity index (χ0n) is 18.3. The number of hydrogen-bond acceptors (Lipinski definition) is 6.